The minimum Gasteiger partial charge on any atom is -0.221 e. The van der Waals surface area contributed by atoms with Gasteiger partial charge < -0.3 is 0 Å². The van der Waals surface area contributed by atoms with Crippen molar-refractivity contribution in [1.82, 2.24) is 9.78 Å². The van der Waals surface area contributed by atoms with Gasteiger partial charge in [0.25, 0.3) is 0 Å². The minimum atomic E-state index is 0.169. The Bertz CT molecular complexity index is 894. The summed E-state index contributed by atoms with van der Waals surface area (Å²) in [4.78, 5) is 0. The molecule has 2 bridgehead atoms. The average molecular weight is 369 g/mol. The summed E-state index contributed by atoms with van der Waals surface area (Å²) in [6.45, 7) is 9.05. The molecular formula is C21H25ClN4. The van der Waals surface area contributed by atoms with Gasteiger partial charge in [0, 0.05) is 11.1 Å². The standard InChI is InChI=1S/C21H25ClN4/c1-14-17(19(22)26(25-14)16-8-6-5-7-9-16)13-23-24-18-12-15-10-11-21(18,4)20(15,2)3/h5-9,13,15H,10-12H2,1-4H3/b23-13-,24-18-/t15-,21+/m0/s1. The predicted octanol–water partition coefficient (Wildman–Crippen LogP) is 5.46. The molecule has 0 saturated heterocycles. The van der Waals surface area contributed by atoms with E-state index in [2.05, 4.69) is 36.1 Å². The summed E-state index contributed by atoms with van der Waals surface area (Å²) in [6, 6.07) is 9.89. The molecule has 0 spiro atoms. The second kappa shape index (κ2) is 6.05. The summed E-state index contributed by atoms with van der Waals surface area (Å²) in [5.41, 5.74) is 4.33. The zero-order chi connectivity index (χ0) is 18.5. The van der Waals surface area contributed by atoms with Gasteiger partial charge in [-0.1, -0.05) is 50.6 Å². The van der Waals surface area contributed by atoms with Gasteiger partial charge in [-0.25, -0.2) is 4.68 Å². The van der Waals surface area contributed by atoms with Crippen LogP contribution in [0.4, 0.5) is 0 Å². The molecular weight excluding hydrogens is 344 g/mol. The van der Waals surface area contributed by atoms with Crippen molar-refractivity contribution in [3.8, 4) is 5.69 Å². The van der Waals surface area contributed by atoms with E-state index in [0.29, 0.717) is 10.6 Å². The number of aryl methyl sites for hydroxylation is 1. The lowest BCUT2D eigenvalue weighted by Crippen LogP contribution is -2.32. The summed E-state index contributed by atoms with van der Waals surface area (Å²) in [6.07, 6.45) is 5.34. The molecule has 1 aromatic carbocycles. The van der Waals surface area contributed by atoms with Crippen molar-refractivity contribution in [2.24, 2.45) is 27.0 Å². The molecule has 26 heavy (non-hydrogen) atoms. The van der Waals surface area contributed by atoms with E-state index in [-0.39, 0.29) is 5.41 Å². The van der Waals surface area contributed by atoms with E-state index < -0.39 is 0 Å². The van der Waals surface area contributed by atoms with E-state index in [1.165, 1.54) is 18.6 Å². The fourth-order valence-corrected chi connectivity index (χ4v) is 4.95. The van der Waals surface area contributed by atoms with Crippen molar-refractivity contribution in [2.75, 3.05) is 0 Å². The van der Waals surface area contributed by atoms with Gasteiger partial charge in [0.2, 0.25) is 0 Å². The summed E-state index contributed by atoms with van der Waals surface area (Å²) in [5, 5.41) is 14.1. The topological polar surface area (TPSA) is 42.5 Å². The molecule has 4 nitrogen and oxygen atoms in total. The predicted molar refractivity (Wildman–Crippen MR) is 108 cm³/mol. The average Bonchev–Trinajstić information content (AvgIpc) is 3.10. The highest BCUT2D eigenvalue weighted by Gasteiger charge is 2.59. The lowest BCUT2D eigenvalue weighted by Gasteiger charge is -2.34. The van der Waals surface area contributed by atoms with Crippen molar-refractivity contribution in [2.45, 2.75) is 47.0 Å². The molecule has 2 aromatic rings. The van der Waals surface area contributed by atoms with Crippen LogP contribution in [-0.4, -0.2) is 21.7 Å². The second-order valence-electron chi connectivity index (χ2n) is 8.32. The number of hydrogen-bond acceptors (Lipinski definition) is 3. The van der Waals surface area contributed by atoms with Gasteiger partial charge >= 0.3 is 0 Å². The smallest absolute Gasteiger partial charge is 0.142 e. The van der Waals surface area contributed by atoms with E-state index in [4.69, 9.17) is 11.6 Å². The molecule has 0 radical (unpaired) electrons. The van der Waals surface area contributed by atoms with Gasteiger partial charge in [-0.05, 0) is 49.7 Å². The molecule has 2 aliphatic carbocycles. The molecule has 5 heteroatoms. The molecule has 0 aliphatic heterocycles. The Morgan fingerprint density at radius 1 is 1.23 bits per heavy atom. The van der Waals surface area contributed by atoms with Gasteiger partial charge in [0.1, 0.15) is 5.15 Å². The number of aromatic nitrogens is 2. The van der Waals surface area contributed by atoms with Crippen LogP contribution in [-0.2, 0) is 0 Å². The maximum atomic E-state index is 6.56. The molecule has 2 atom stereocenters. The zero-order valence-electron chi connectivity index (χ0n) is 15.8. The number of fused-ring (bicyclic) bond motifs is 2. The number of nitrogens with zero attached hydrogens (tertiary/aromatic N) is 4. The van der Waals surface area contributed by atoms with E-state index in [1.54, 1.807) is 10.9 Å². The number of para-hydroxylation sites is 1. The highest BCUT2D eigenvalue weighted by molar-refractivity contribution is 6.32. The highest BCUT2D eigenvalue weighted by atomic mass is 35.5. The summed E-state index contributed by atoms with van der Waals surface area (Å²) in [5.74, 6) is 0.729. The van der Waals surface area contributed by atoms with Crippen LogP contribution in [0.1, 0.15) is 51.3 Å². The Labute approximate surface area is 160 Å². The van der Waals surface area contributed by atoms with Gasteiger partial charge in [-0.3, -0.25) is 0 Å². The molecule has 1 heterocycles. The summed E-state index contributed by atoms with van der Waals surface area (Å²) >= 11 is 6.56. The third-order valence-corrected chi connectivity index (χ3v) is 7.29. The quantitative estimate of drug-likeness (QED) is 0.524. The maximum Gasteiger partial charge on any atom is 0.142 e. The molecule has 2 fully saturated rings. The highest BCUT2D eigenvalue weighted by Crippen LogP contribution is 2.63. The Hall–Kier alpha value is -1.94. The molecule has 2 saturated carbocycles. The number of benzene rings is 1. The van der Waals surface area contributed by atoms with Gasteiger partial charge in [0.05, 0.1) is 23.2 Å². The lowest BCUT2D eigenvalue weighted by molar-refractivity contribution is 0.194. The van der Waals surface area contributed by atoms with E-state index in [1.807, 2.05) is 37.3 Å². The molecule has 0 amide bonds. The lowest BCUT2D eigenvalue weighted by atomic mass is 9.70. The Morgan fingerprint density at radius 3 is 2.58 bits per heavy atom. The van der Waals surface area contributed by atoms with Crippen LogP contribution in [0, 0.1) is 23.7 Å². The van der Waals surface area contributed by atoms with Crippen molar-refractivity contribution in [1.29, 1.82) is 0 Å². The Balaban J connectivity index is 1.62. The molecule has 4 rings (SSSR count). The van der Waals surface area contributed by atoms with Gasteiger partial charge in [-0.15, -0.1) is 0 Å². The minimum absolute atomic E-state index is 0.169. The zero-order valence-corrected chi connectivity index (χ0v) is 16.6. The third kappa shape index (κ3) is 2.46. The first-order chi connectivity index (χ1) is 12.3. The number of rotatable bonds is 3. The van der Waals surface area contributed by atoms with Crippen molar-refractivity contribution >= 4 is 23.5 Å². The van der Waals surface area contributed by atoms with Gasteiger partial charge in [0.15, 0.2) is 0 Å². The van der Waals surface area contributed by atoms with Crippen molar-refractivity contribution in [3.05, 3.63) is 46.7 Å². The maximum absolute atomic E-state index is 6.56. The molecule has 1 aromatic heterocycles. The molecule has 0 N–H and O–H groups in total. The van der Waals surface area contributed by atoms with Crippen LogP contribution >= 0.6 is 11.6 Å². The van der Waals surface area contributed by atoms with Crippen LogP contribution in [0.3, 0.4) is 0 Å². The molecule has 136 valence electrons. The fraction of sp³-hybridized carbons (Fsp3) is 0.476. The third-order valence-electron chi connectivity index (χ3n) is 6.93. The molecule has 2 aliphatic rings. The SMILES string of the molecule is Cc1nn(-c2ccccc2)c(Cl)c1/C=N\N=C1\C[C@@H]2CC[C@@]1(C)C2(C)C. The molecule has 0 unspecified atom stereocenters. The van der Waals surface area contributed by atoms with Crippen LogP contribution in [0.5, 0.6) is 0 Å². The largest absolute Gasteiger partial charge is 0.221 e. The second-order valence-corrected chi connectivity index (χ2v) is 8.68. The van der Waals surface area contributed by atoms with E-state index in [0.717, 1.165) is 29.3 Å². The first-order valence-electron chi connectivity index (χ1n) is 9.25. The Morgan fingerprint density at radius 2 is 1.96 bits per heavy atom. The van der Waals surface area contributed by atoms with Gasteiger partial charge in [-0.2, -0.15) is 15.3 Å². The summed E-state index contributed by atoms with van der Waals surface area (Å²) in [7, 11) is 0. The van der Waals surface area contributed by atoms with Crippen molar-refractivity contribution < 1.29 is 0 Å². The number of hydrogen-bond donors (Lipinski definition) is 0. The first-order valence-corrected chi connectivity index (χ1v) is 9.63. The summed E-state index contributed by atoms with van der Waals surface area (Å²) < 4.78 is 1.74. The van der Waals surface area contributed by atoms with Crippen LogP contribution < -0.4 is 0 Å². The first kappa shape index (κ1) is 17.5. The van der Waals surface area contributed by atoms with Crippen LogP contribution in [0.2, 0.25) is 5.15 Å². The Kier molecular flexibility index (Phi) is 4.07. The monoisotopic (exact) mass is 368 g/mol. The van der Waals surface area contributed by atoms with Crippen LogP contribution in [0.25, 0.3) is 5.69 Å². The van der Waals surface area contributed by atoms with Crippen molar-refractivity contribution in [3.63, 3.8) is 0 Å². The fourth-order valence-electron chi connectivity index (χ4n) is 4.63. The van der Waals surface area contributed by atoms with E-state index in [9.17, 15) is 0 Å². The normalized spacial score (nSPS) is 28.5. The van der Waals surface area contributed by atoms with E-state index >= 15 is 0 Å². The number of halogens is 1. The van der Waals surface area contributed by atoms with Crippen LogP contribution in [0.15, 0.2) is 40.5 Å².